The molecule has 0 fully saturated rings. The molecule has 2 N–H and O–H groups in total. The van der Waals surface area contributed by atoms with E-state index >= 15 is 0 Å². The minimum absolute atomic E-state index is 0.129. The van der Waals surface area contributed by atoms with E-state index in [0.29, 0.717) is 27.2 Å². The minimum atomic E-state index is -0.244. The third-order valence-electron chi connectivity index (χ3n) is 3.14. The van der Waals surface area contributed by atoms with Gasteiger partial charge < -0.3 is 15.4 Å². The number of carbonyl (C=O) groups excluding carboxylic acids is 2. The number of nitrogens with one attached hydrogen (secondary N) is 2. The summed E-state index contributed by atoms with van der Waals surface area (Å²) in [5.74, 6) is 0.0477. The summed E-state index contributed by atoms with van der Waals surface area (Å²) in [6, 6.07) is 10.0. The van der Waals surface area contributed by atoms with Gasteiger partial charge in [0.15, 0.2) is 0 Å². The van der Waals surface area contributed by atoms with E-state index in [4.69, 9.17) is 27.9 Å². The molecule has 0 saturated carbocycles. The van der Waals surface area contributed by atoms with E-state index in [9.17, 15) is 9.59 Å². The van der Waals surface area contributed by atoms with Gasteiger partial charge in [-0.05, 0) is 35.9 Å². The van der Waals surface area contributed by atoms with Gasteiger partial charge in [-0.2, -0.15) is 0 Å². The molecule has 126 valence electrons. The number of hydrogen-bond donors (Lipinski definition) is 2. The van der Waals surface area contributed by atoms with Crippen LogP contribution in [0.2, 0.25) is 10.0 Å². The molecule has 0 unspecified atom stereocenters. The van der Waals surface area contributed by atoms with Gasteiger partial charge in [0.05, 0.1) is 29.3 Å². The first-order valence-electron chi connectivity index (χ1n) is 7.08. The van der Waals surface area contributed by atoms with Crippen molar-refractivity contribution in [3.8, 4) is 5.75 Å². The van der Waals surface area contributed by atoms with Crippen LogP contribution < -0.4 is 15.4 Å². The smallest absolute Gasteiger partial charge is 0.228 e. The molecule has 5 nitrogen and oxygen atoms in total. The van der Waals surface area contributed by atoms with Crippen LogP contribution in [-0.4, -0.2) is 18.9 Å². The number of rotatable bonds is 5. The third-order valence-corrected chi connectivity index (χ3v) is 3.88. The third kappa shape index (κ3) is 4.88. The summed E-state index contributed by atoms with van der Waals surface area (Å²) < 4.78 is 5.23. The van der Waals surface area contributed by atoms with E-state index in [1.54, 1.807) is 36.4 Å². The number of carbonyl (C=O) groups is 2. The van der Waals surface area contributed by atoms with Gasteiger partial charge >= 0.3 is 0 Å². The average Bonchev–Trinajstić information content (AvgIpc) is 2.50. The summed E-state index contributed by atoms with van der Waals surface area (Å²) in [6.07, 6.45) is 0.129. The quantitative estimate of drug-likeness (QED) is 0.835. The van der Waals surface area contributed by atoms with Crippen LogP contribution in [0.1, 0.15) is 12.5 Å². The molecule has 2 aromatic rings. The van der Waals surface area contributed by atoms with E-state index in [2.05, 4.69) is 10.6 Å². The molecule has 0 aliphatic carbocycles. The van der Waals surface area contributed by atoms with E-state index in [0.717, 1.165) is 5.56 Å². The van der Waals surface area contributed by atoms with Crippen molar-refractivity contribution in [3.63, 3.8) is 0 Å². The predicted octanol–water partition coefficient (Wildman–Crippen LogP) is 4.14. The molecule has 0 bridgehead atoms. The molecule has 0 saturated heterocycles. The van der Waals surface area contributed by atoms with E-state index < -0.39 is 0 Å². The van der Waals surface area contributed by atoms with Gasteiger partial charge in [-0.3, -0.25) is 9.59 Å². The Morgan fingerprint density at radius 2 is 1.79 bits per heavy atom. The molecular weight excluding hydrogens is 351 g/mol. The zero-order chi connectivity index (χ0) is 17.7. The molecule has 2 aromatic carbocycles. The summed E-state index contributed by atoms with van der Waals surface area (Å²) in [4.78, 5) is 23.4. The SMILES string of the molecule is COc1ccc(NC(C)=O)cc1NC(=O)Cc1ccc(Cl)c(Cl)c1. The van der Waals surface area contributed by atoms with Gasteiger partial charge in [0, 0.05) is 12.6 Å². The second-order valence-corrected chi connectivity index (χ2v) is 5.88. The highest BCUT2D eigenvalue weighted by molar-refractivity contribution is 6.42. The molecule has 7 heteroatoms. The highest BCUT2D eigenvalue weighted by atomic mass is 35.5. The van der Waals surface area contributed by atoms with E-state index in [1.807, 2.05) is 0 Å². The van der Waals surface area contributed by atoms with Crippen molar-refractivity contribution in [2.75, 3.05) is 17.7 Å². The Labute approximate surface area is 149 Å². The van der Waals surface area contributed by atoms with Gasteiger partial charge in [0.1, 0.15) is 5.75 Å². The number of anilines is 2. The van der Waals surface area contributed by atoms with Crippen molar-refractivity contribution < 1.29 is 14.3 Å². The monoisotopic (exact) mass is 366 g/mol. The van der Waals surface area contributed by atoms with Crippen molar-refractivity contribution >= 4 is 46.4 Å². The van der Waals surface area contributed by atoms with Gasteiger partial charge in [-0.1, -0.05) is 29.3 Å². The lowest BCUT2D eigenvalue weighted by Crippen LogP contribution is -2.15. The molecule has 24 heavy (non-hydrogen) atoms. The molecule has 0 aliphatic heterocycles. The average molecular weight is 367 g/mol. The Balaban J connectivity index is 2.14. The van der Waals surface area contributed by atoms with Crippen molar-refractivity contribution in [1.82, 2.24) is 0 Å². The van der Waals surface area contributed by atoms with Crippen molar-refractivity contribution in [2.24, 2.45) is 0 Å². The van der Waals surface area contributed by atoms with Crippen molar-refractivity contribution in [3.05, 3.63) is 52.0 Å². The van der Waals surface area contributed by atoms with Crippen LogP contribution in [-0.2, 0) is 16.0 Å². The first-order chi connectivity index (χ1) is 11.4. The lowest BCUT2D eigenvalue weighted by molar-refractivity contribution is -0.116. The molecule has 0 radical (unpaired) electrons. The van der Waals surface area contributed by atoms with E-state index in [1.165, 1.54) is 14.0 Å². The molecular formula is C17H16Cl2N2O3. The standard InChI is InChI=1S/C17H16Cl2N2O3/c1-10(22)20-12-4-6-16(24-2)15(9-12)21-17(23)8-11-3-5-13(18)14(19)7-11/h3-7,9H,8H2,1-2H3,(H,20,22)(H,21,23). The lowest BCUT2D eigenvalue weighted by atomic mass is 10.1. The van der Waals surface area contributed by atoms with Gasteiger partial charge in [0.25, 0.3) is 0 Å². The minimum Gasteiger partial charge on any atom is -0.495 e. The predicted molar refractivity (Wildman–Crippen MR) is 96.1 cm³/mol. The fourth-order valence-electron chi connectivity index (χ4n) is 2.12. The van der Waals surface area contributed by atoms with Gasteiger partial charge in [-0.15, -0.1) is 0 Å². The molecule has 2 amide bonds. The fraction of sp³-hybridized carbons (Fsp3) is 0.176. The summed E-state index contributed by atoms with van der Waals surface area (Å²) >= 11 is 11.8. The summed E-state index contributed by atoms with van der Waals surface area (Å²) in [5, 5.41) is 6.25. The number of halogens is 2. The lowest BCUT2D eigenvalue weighted by Gasteiger charge is -2.12. The van der Waals surface area contributed by atoms with Crippen LogP contribution in [0.15, 0.2) is 36.4 Å². The molecule has 0 heterocycles. The van der Waals surface area contributed by atoms with Crippen LogP contribution in [0.3, 0.4) is 0 Å². The maximum Gasteiger partial charge on any atom is 0.228 e. The Bertz CT molecular complexity index is 778. The zero-order valence-electron chi connectivity index (χ0n) is 13.2. The molecule has 2 rings (SSSR count). The molecule has 0 aromatic heterocycles. The topological polar surface area (TPSA) is 67.4 Å². The van der Waals surface area contributed by atoms with Crippen LogP contribution >= 0.6 is 23.2 Å². The largest absolute Gasteiger partial charge is 0.495 e. The summed E-state index contributed by atoms with van der Waals surface area (Å²) in [6.45, 7) is 1.41. The normalized spacial score (nSPS) is 10.2. The molecule has 0 spiro atoms. The molecule has 0 aliphatic rings. The van der Waals surface area contributed by atoms with Gasteiger partial charge in [-0.25, -0.2) is 0 Å². The Morgan fingerprint density at radius 3 is 2.42 bits per heavy atom. The maximum atomic E-state index is 12.2. The highest BCUT2D eigenvalue weighted by Crippen LogP contribution is 2.28. The maximum absolute atomic E-state index is 12.2. The van der Waals surface area contributed by atoms with Crippen LogP contribution in [0, 0.1) is 0 Å². The van der Waals surface area contributed by atoms with Crippen LogP contribution in [0.5, 0.6) is 5.75 Å². The summed E-state index contributed by atoms with van der Waals surface area (Å²) in [7, 11) is 1.50. The second-order valence-electron chi connectivity index (χ2n) is 5.07. The zero-order valence-corrected chi connectivity index (χ0v) is 14.7. The van der Waals surface area contributed by atoms with Crippen molar-refractivity contribution in [1.29, 1.82) is 0 Å². The highest BCUT2D eigenvalue weighted by Gasteiger charge is 2.11. The molecule has 0 atom stereocenters. The van der Waals surface area contributed by atoms with Crippen LogP contribution in [0.25, 0.3) is 0 Å². The first-order valence-corrected chi connectivity index (χ1v) is 7.84. The summed E-state index contributed by atoms with van der Waals surface area (Å²) in [5.41, 5.74) is 1.76. The second kappa shape index (κ2) is 8.04. The van der Waals surface area contributed by atoms with Gasteiger partial charge in [0.2, 0.25) is 11.8 Å². The van der Waals surface area contributed by atoms with Crippen molar-refractivity contribution in [2.45, 2.75) is 13.3 Å². The van der Waals surface area contributed by atoms with E-state index in [-0.39, 0.29) is 18.2 Å². The Hall–Kier alpha value is -2.24. The number of ether oxygens (including phenoxy) is 1. The number of benzene rings is 2. The van der Waals surface area contributed by atoms with Crippen LogP contribution in [0.4, 0.5) is 11.4 Å². The first kappa shape index (κ1) is 18.1. The Morgan fingerprint density at radius 1 is 1.04 bits per heavy atom. The number of methoxy groups -OCH3 is 1. The Kier molecular flexibility index (Phi) is 6.06. The number of amides is 2. The number of hydrogen-bond acceptors (Lipinski definition) is 3. The fourth-order valence-corrected chi connectivity index (χ4v) is 2.44.